The summed E-state index contributed by atoms with van der Waals surface area (Å²) in [6.45, 7) is 4.14. The van der Waals surface area contributed by atoms with Crippen molar-refractivity contribution in [3.63, 3.8) is 0 Å². The Morgan fingerprint density at radius 1 is 1.09 bits per heavy atom. The van der Waals surface area contributed by atoms with E-state index in [4.69, 9.17) is 0 Å². The van der Waals surface area contributed by atoms with E-state index in [0.29, 0.717) is 60.4 Å². The van der Waals surface area contributed by atoms with Gasteiger partial charge in [-0.25, -0.2) is 8.42 Å². The van der Waals surface area contributed by atoms with Gasteiger partial charge < -0.3 is 25.6 Å². The molecule has 3 heterocycles. The highest BCUT2D eigenvalue weighted by atomic mass is 32.2. The summed E-state index contributed by atoms with van der Waals surface area (Å²) in [5, 5.41) is 16.4. The number of sulfonamides is 1. The largest absolute Gasteiger partial charge is 0.494 e. The standard InChI is InChI=1S/C23H28N6O5S/c1-15(30)24-7-8-25-22(31)16-3-5-19-18(13-16)21(23(32)27-19)20-6-4-17(14-26-20)35(33,34)29-11-9-28(2)10-12-29/h3-6,13-14,27,32H,7-12H2,1-2H3,(H,24,30)(H,25,31). The molecule has 0 bridgehead atoms. The van der Waals surface area contributed by atoms with Crippen LogP contribution in [0.25, 0.3) is 22.2 Å². The molecule has 0 atom stereocenters. The highest BCUT2D eigenvalue weighted by Crippen LogP contribution is 2.36. The first-order valence-electron chi connectivity index (χ1n) is 11.2. The van der Waals surface area contributed by atoms with Crippen LogP contribution in [0.1, 0.15) is 17.3 Å². The van der Waals surface area contributed by atoms with Crippen molar-refractivity contribution >= 4 is 32.7 Å². The van der Waals surface area contributed by atoms with E-state index in [1.165, 1.54) is 23.5 Å². The van der Waals surface area contributed by atoms with Gasteiger partial charge in [-0.05, 0) is 37.4 Å². The predicted molar refractivity (Wildman–Crippen MR) is 130 cm³/mol. The van der Waals surface area contributed by atoms with Crippen molar-refractivity contribution in [2.24, 2.45) is 0 Å². The fourth-order valence-corrected chi connectivity index (χ4v) is 5.32. The summed E-state index contributed by atoms with van der Waals surface area (Å²) in [6, 6.07) is 7.95. The number of hydrogen-bond donors (Lipinski definition) is 4. The third-order valence-corrected chi connectivity index (χ3v) is 7.80. The van der Waals surface area contributed by atoms with Crippen molar-refractivity contribution < 1.29 is 23.1 Å². The van der Waals surface area contributed by atoms with Gasteiger partial charge in [-0.1, -0.05) is 0 Å². The molecule has 11 nitrogen and oxygen atoms in total. The molecule has 0 saturated carbocycles. The van der Waals surface area contributed by atoms with Crippen molar-refractivity contribution in [1.82, 2.24) is 29.8 Å². The topological polar surface area (TPSA) is 148 Å². The lowest BCUT2D eigenvalue weighted by atomic mass is 10.1. The van der Waals surface area contributed by atoms with Crippen LogP contribution < -0.4 is 10.6 Å². The van der Waals surface area contributed by atoms with Gasteiger partial charge in [0, 0.05) is 68.9 Å². The molecule has 1 aromatic carbocycles. The molecule has 35 heavy (non-hydrogen) atoms. The molecule has 4 N–H and O–H groups in total. The summed E-state index contributed by atoms with van der Waals surface area (Å²) in [4.78, 5) is 32.8. The van der Waals surface area contributed by atoms with Crippen LogP contribution in [-0.2, 0) is 14.8 Å². The van der Waals surface area contributed by atoms with Gasteiger partial charge in [0.05, 0.1) is 11.3 Å². The normalized spacial score (nSPS) is 15.3. The summed E-state index contributed by atoms with van der Waals surface area (Å²) >= 11 is 0. The van der Waals surface area contributed by atoms with E-state index in [1.54, 1.807) is 24.3 Å². The number of carbonyl (C=O) groups excluding carboxylic acids is 2. The Bertz CT molecular complexity index is 1340. The maximum absolute atomic E-state index is 13.0. The molecule has 3 aromatic rings. The number of fused-ring (bicyclic) bond motifs is 1. The second kappa shape index (κ2) is 10.0. The number of carbonyl (C=O) groups is 2. The molecule has 0 aliphatic carbocycles. The van der Waals surface area contributed by atoms with Gasteiger partial charge in [0.15, 0.2) is 5.88 Å². The summed E-state index contributed by atoms with van der Waals surface area (Å²) in [7, 11) is -1.71. The summed E-state index contributed by atoms with van der Waals surface area (Å²) in [6.07, 6.45) is 1.29. The van der Waals surface area contributed by atoms with E-state index in [9.17, 15) is 23.1 Å². The van der Waals surface area contributed by atoms with Crippen LogP contribution in [0.5, 0.6) is 5.88 Å². The number of nitrogens with zero attached hydrogens (tertiary/aromatic N) is 3. The van der Waals surface area contributed by atoms with E-state index in [1.807, 2.05) is 7.05 Å². The molecule has 186 valence electrons. The van der Waals surface area contributed by atoms with Crippen LogP contribution in [0.3, 0.4) is 0 Å². The fraction of sp³-hybridized carbons (Fsp3) is 0.348. The molecule has 1 aliphatic rings. The monoisotopic (exact) mass is 500 g/mol. The minimum atomic E-state index is -3.66. The molecule has 1 aliphatic heterocycles. The second-order valence-corrected chi connectivity index (χ2v) is 10.4. The Hall–Kier alpha value is -3.48. The third kappa shape index (κ3) is 5.29. The number of nitrogens with one attached hydrogen (secondary N) is 3. The number of aromatic nitrogens is 2. The van der Waals surface area contributed by atoms with Crippen molar-refractivity contribution in [1.29, 1.82) is 0 Å². The number of benzene rings is 1. The van der Waals surface area contributed by atoms with Crippen LogP contribution in [0, 0.1) is 0 Å². The quantitative estimate of drug-likeness (QED) is 0.350. The second-order valence-electron chi connectivity index (χ2n) is 8.43. The zero-order chi connectivity index (χ0) is 25.2. The molecule has 4 rings (SSSR count). The minimum Gasteiger partial charge on any atom is -0.494 e. The number of H-pyrrole nitrogens is 1. The van der Waals surface area contributed by atoms with Crippen molar-refractivity contribution in [2.75, 3.05) is 46.3 Å². The number of likely N-dealkylation sites (N-methyl/N-ethyl adjacent to an activating group) is 1. The van der Waals surface area contributed by atoms with E-state index in [-0.39, 0.29) is 29.1 Å². The fourth-order valence-electron chi connectivity index (χ4n) is 3.95. The first-order chi connectivity index (χ1) is 16.7. The number of hydrogen-bond acceptors (Lipinski definition) is 7. The maximum atomic E-state index is 13.0. The van der Waals surface area contributed by atoms with Crippen LogP contribution >= 0.6 is 0 Å². The predicted octanol–water partition coefficient (Wildman–Crippen LogP) is 0.738. The van der Waals surface area contributed by atoms with Gasteiger partial charge in [0.2, 0.25) is 15.9 Å². The highest BCUT2D eigenvalue weighted by Gasteiger charge is 2.28. The van der Waals surface area contributed by atoms with Gasteiger partial charge in [0.25, 0.3) is 5.91 Å². The highest BCUT2D eigenvalue weighted by molar-refractivity contribution is 7.89. The Labute approximate surface area is 203 Å². The van der Waals surface area contributed by atoms with Crippen LogP contribution in [-0.4, -0.2) is 90.8 Å². The zero-order valence-corrected chi connectivity index (χ0v) is 20.4. The molecular weight excluding hydrogens is 472 g/mol. The summed E-state index contributed by atoms with van der Waals surface area (Å²) in [5.74, 6) is -0.640. The average molecular weight is 501 g/mol. The van der Waals surface area contributed by atoms with Gasteiger partial charge in [-0.3, -0.25) is 14.6 Å². The third-order valence-electron chi connectivity index (χ3n) is 5.92. The Morgan fingerprint density at radius 3 is 2.46 bits per heavy atom. The van der Waals surface area contributed by atoms with Crippen LogP contribution in [0.2, 0.25) is 0 Å². The lowest BCUT2D eigenvalue weighted by molar-refractivity contribution is -0.118. The first kappa shape index (κ1) is 24.6. The van der Waals surface area contributed by atoms with Crippen molar-refractivity contribution in [3.05, 3.63) is 42.1 Å². The lowest BCUT2D eigenvalue weighted by Crippen LogP contribution is -2.47. The van der Waals surface area contributed by atoms with E-state index >= 15 is 0 Å². The Kier molecular flexibility index (Phi) is 7.05. The van der Waals surface area contributed by atoms with Crippen molar-refractivity contribution in [2.45, 2.75) is 11.8 Å². The number of rotatable bonds is 7. The van der Waals surface area contributed by atoms with Gasteiger partial charge in [0.1, 0.15) is 4.90 Å². The summed E-state index contributed by atoms with van der Waals surface area (Å²) in [5.41, 5.74) is 1.71. The molecule has 2 aromatic heterocycles. The maximum Gasteiger partial charge on any atom is 0.251 e. The van der Waals surface area contributed by atoms with Gasteiger partial charge >= 0.3 is 0 Å². The Morgan fingerprint density at radius 2 is 1.80 bits per heavy atom. The Balaban J connectivity index is 1.57. The van der Waals surface area contributed by atoms with E-state index < -0.39 is 10.0 Å². The number of pyridine rings is 1. The molecule has 0 unspecified atom stereocenters. The van der Waals surface area contributed by atoms with E-state index in [2.05, 4.69) is 25.5 Å². The van der Waals surface area contributed by atoms with Crippen LogP contribution in [0.4, 0.5) is 0 Å². The average Bonchev–Trinajstić information content (AvgIpc) is 3.16. The molecule has 0 spiro atoms. The molecule has 1 saturated heterocycles. The number of aromatic amines is 1. The first-order valence-corrected chi connectivity index (χ1v) is 12.6. The molecule has 0 radical (unpaired) electrons. The van der Waals surface area contributed by atoms with Crippen LogP contribution in [0.15, 0.2) is 41.4 Å². The molecule has 2 amide bonds. The zero-order valence-electron chi connectivity index (χ0n) is 19.5. The SMILES string of the molecule is CC(=O)NCCNC(=O)c1ccc2[nH]c(O)c(-c3ccc(S(=O)(=O)N4CCN(C)CC4)cn3)c2c1. The number of amides is 2. The minimum absolute atomic E-state index is 0.0874. The smallest absolute Gasteiger partial charge is 0.251 e. The molecule has 12 heteroatoms. The molecular formula is C23H28N6O5S. The number of aromatic hydroxyl groups is 1. The van der Waals surface area contributed by atoms with Gasteiger partial charge in [-0.2, -0.15) is 4.31 Å². The van der Waals surface area contributed by atoms with Gasteiger partial charge in [-0.15, -0.1) is 0 Å². The number of piperazine rings is 1. The lowest BCUT2D eigenvalue weighted by Gasteiger charge is -2.31. The molecule has 1 fully saturated rings. The van der Waals surface area contributed by atoms with Crippen molar-refractivity contribution in [3.8, 4) is 17.1 Å². The van der Waals surface area contributed by atoms with E-state index in [0.717, 1.165) is 0 Å². The summed E-state index contributed by atoms with van der Waals surface area (Å²) < 4.78 is 27.4.